The lowest BCUT2D eigenvalue weighted by Gasteiger charge is -2.39. The van der Waals surface area contributed by atoms with Crippen LogP contribution in [0.2, 0.25) is 0 Å². The molecule has 0 amide bonds. The number of hydrogen-bond donors (Lipinski definition) is 3. The maximum atomic E-state index is 11.1. The number of aryl methyl sites for hydroxylation is 1. The van der Waals surface area contributed by atoms with Crippen LogP contribution < -0.4 is 10.6 Å². The van der Waals surface area contributed by atoms with Gasteiger partial charge in [-0.1, -0.05) is 5.16 Å². The van der Waals surface area contributed by atoms with Crippen LogP contribution in [-0.2, 0) is 18.3 Å². The number of nitrogens with zero attached hydrogens (tertiary/aromatic N) is 8. The minimum Gasteiger partial charge on any atom is -0.395 e. The molecule has 2 aliphatic heterocycles. The fourth-order valence-corrected chi connectivity index (χ4v) is 10.3. The van der Waals surface area contributed by atoms with E-state index in [4.69, 9.17) is 30.5 Å². The molecule has 8 rings (SSSR count). The molecule has 1 spiro atoms. The second-order valence-electron chi connectivity index (χ2n) is 14.3. The van der Waals surface area contributed by atoms with Crippen molar-refractivity contribution in [1.29, 1.82) is 5.26 Å². The van der Waals surface area contributed by atoms with Crippen molar-refractivity contribution < 1.29 is 14.7 Å². The number of nitrogens with two attached hydrogens (primary N) is 1. The van der Waals surface area contributed by atoms with Crippen LogP contribution in [0.5, 0.6) is 0 Å². The van der Waals surface area contributed by atoms with Crippen LogP contribution in [0.3, 0.4) is 0 Å². The fraction of sp³-hybridized carbons (Fsp3) is 0.618. The van der Waals surface area contributed by atoms with Gasteiger partial charge in [-0.05, 0) is 90.2 Å². The minimum atomic E-state index is -0.827. The number of aliphatic hydroxyl groups excluding tert-OH is 1. The molecule has 0 radical (unpaired) electrons. The van der Waals surface area contributed by atoms with Crippen LogP contribution in [-0.4, -0.2) is 84.4 Å². The summed E-state index contributed by atoms with van der Waals surface area (Å²) in [4.78, 5) is 16.1. The molecule has 6 heterocycles. The first-order chi connectivity index (χ1) is 22.7. The summed E-state index contributed by atoms with van der Waals surface area (Å²) in [6.45, 7) is 7.03. The summed E-state index contributed by atoms with van der Waals surface area (Å²) < 4.78 is 8.35. The minimum absolute atomic E-state index is 0.0187. The quantitative estimate of drug-likeness (QED) is 0.270. The second kappa shape index (κ2) is 11.5. The molecule has 0 bridgehead atoms. The molecule has 4 aliphatic rings. The number of fused-ring (bicyclic) bond motifs is 5. The van der Waals surface area contributed by atoms with Crippen molar-refractivity contribution in [3.63, 3.8) is 0 Å². The zero-order valence-electron chi connectivity index (χ0n) is 27.2. The lowest BCUT2D eigenvalue weighted by Crippen LogP contribution is -2.46. The van der Waals surface area contributed by atoms with Gasteiger partial charge in [0.2, 0.25) is 0 Å². The molecule has 4 atom stereocenters. The van der Waals surface area contributed by atoms with E-state index in [0.29, 0.717) is 35.2 Å². The van der Waals surface area contributed by atoms with Crippen LogP contribution in [0.1, 0.15) is 98.6 Å². The standard InChI is InChI=1S/C34H43N9O3S/c1-20(24-8-5-13-41(24)15-16-44)43-32-23(18-37-43)31(42-14-6-10-33(2,45)19-42)38-30(39-32)27-21-7-3-11-34(28(21)46-40-27)12-4-9-25-26(34)22(17-35)29(36)47-25/h18,20,24,44-45H,3-16,19,36H2,1-2H3/t20-,24-,33+,34-/m0/s1. The SMILES string of the molecule is C[C@@H]([C@@H]1CCCN1CCO)n1ncc2c(N3CCC[C@@](C)(O)C3)nc(-c3noc4c3CCC[C@@]43CCCc4sc(N)c(C#N)c43)nc21. The third-order valence-corrected chi connectivity index (χ3v) is 12.3. The van der Waals surface area contributed by atoms with E-state index in [1.54, 1.807) is 11.3 Å². The average molecular weight is 658 g/mol. The first kappa shape index (κ1) is 30.7. The number of aliphatic hydroxyl groups is 2. The van der Waals surface area contributed by atoms with Gasteiger partial charge in [-0.2, -0.15) is 10.4 Å². The summed E-state index contributed by atoms with van der Waals surface area (Å²) in [5, 5.41) is 42.0. The molecule has 248 valence electrons. The molecule has 0 aromatic carbocycles. The molecule has 13 heteroatoms. The third kappa shape index (κ3) is 4.86. The highest BCUT2D eigenvalue weighted by atomic mass is 32.1. The van der Waals surface area contributed by atoms with Gasteiger partial charge in [0.05, 0.1) is 40.8 Å². The Morgan fingerprint density at radius 1 is 1.17 bits per heavy atom. The molecule has 12 nitrogen and oxygen atoms in total. The molecule has 2 aliphatic carbocycles. The summed E-state index contributed by atoms with van der Waals surface area (Å²) in [6, 6.07) is 2.66. The number of nitrogen functional groups attached to an aromatic ring is 1. The van der Waals surface area contributed by atoms with Crippen molar-refractivity contribution >= 4 is 33.2 Å². The molecule has 2 saturated heterocycles. The van der Waals surface area contributed by atoms with Gasteiger partial charge in [0.15, 0.2) is 22.9 Å². The zero-order valence-corrected chi connectivity index (χ0v) is 28.0. The van der Waals surface area contributed by atoms with Crippen molar-refractivity contribution in [2.24, 2.45) is 0 Å². The van der Waals surface area contributed by atoms with E-state index in [2.05, 4.69) is 22.8 Å². The Bertz CT molecular complexity index is 1870. The maximum Gasteiger partial charge on any atom is 0.186 e. The number of anilines is 2. The molecule has 0 unspecified atom stereocenters. The Balaban J connectivity index is 1.28. The molecule has 2 fully saturated rings. The van der Waals surface area contributed by atoms with Crippen molar-refractivity contribution in [1.82, 2.24) is 29.8 Å². The third-order valence-electron chi connectivity index (χ3n) is 11.2. The van der Waals surface area contributed by atoms with Crippen molar-refractivity contribution in [2.45, 2.75) is 101 Å². The monoisotopic (exact) mass is 657 g/mol. The lowest BCUT2D eigenvalue weighted by atomic mass is 9.63. The van der Waals surface area contributed by atoms with Crippen molar-refractivity contribution in [3.05, 3.63) is 33.5 Å². The number of piperidine rings is 1. The zero-order chi connectivity index (χ0) is 32.5. The molecular formula is C34H43N9O3S. The predicted octanol–water partition coefficient (Wildman–Crippen LogP) is 4.32. The van der Waals surface area contributed by atoms with Gasteiger partial charge in [-0.3, -0.25) is 4.90 Å². The number of hydrogen-bond acceptors (Lipinski definition) is 12. The van der Waals surface area contributed by atoms with E-state index >= 15 is 0 Å². The van der Waals surface area contributed by atoms with Crippen LogP contribution >= 0.6 is 11.3 Å². The van der Waals surface area contributed by atoms with Gasteiger partial charge < -0.3 is 25.4 Å². The first-order valence-electron chi connectivity index (χ1n) is 17.1. The average Bonchev–Trinajstić information content (AvgIpc) is 3.85. The first-order valence-corrected chi connectivity index (χ1v) is 17.9. The Hall–Kier alpha value is -3.57. The number of aromatic nitrogens is 5. The van der Waals surface area contributed by atoms with Crippen LogP contribution in [0.15, 0.2) is 10.7 Å². The highest BCUT2D eigenvalue weighted by Crippen LogP contribution is 2.55. The molecule has 4 aromatic rings. The highest BCUT2D eigenvalue weighted by molar-refractivity contribution is 7.16. The number of rotatable bonds is 6. The van der Waals surface area contributed by atoms with Gasteiger partial charge in [0, 0.05) is 36.1 Å². The van der Waals surface area contributed by atoms with Crippen LogP contribution in [0, 0.1) is 11.3 Å². The summed E-state index contributed by atoms with van der Waals surface area (Å²) in [6.07, 6.45) is 11.0. The van der Waals surface area contributed by atoms with Crippen molar-refractivity contribution in [2.75, 3.05) is 43.4 Å². The molecular weight excluding hydrogens is 615 g/mol. The molecule has 0 saturated carbocycles. The van der Waals surface area contributed by atoms with Gasteiger partial charge >= 0.3 is 0 Å². The van der Waals surface area contributed by atoms with E-state index in [-0.39, 0.29) is 18.7 Å². The summed E-state index contributed by atoms with van der Waals surface area (Å²) >= 11 is 1.54. The Labute approximate surface area is 278 Å². The van der Waals surface area contributed by atoms with Gasteiger partial charge in [-0.15, -0.1) is 11.3 Å². The normalized spacial score (nSPS) is 26.9. The smallest absolute Gasteiger partial charge is 0.186 e. The molecule has 47 heavy (non-hydrogen) atoms. The Morgan fingerprint density at radius 3 is 2.79 bits per heavy atom. The summed E-state index contributed by atoms with van der Waals surface area (Å²) in [5.74, 6) is 2.07. The number of β-amino-alcohol motifs (C(OH)–C–C–N with tert-alkyl or cyclic N) is 2. The van der Waals surface area contributed by atoms with Gasteiger partial charge in [-0.25, -0.2) is 14.6 Å². The highest BCUT2D eigenvalue weighted by Gasteiger charge is 2.49. The largest absolute Gasteiger partial charge is 0.395 e. The molecule has 4 N–H and O–H groups in total. The number of nitriles is 1. The topological polar surface area (TPSA) is 166 Å². The second-order valence-corrected chi connectivity index (χ2v) is 15.4. The van der Waals surface area contributed by atoms with Crippen LogP contribution in [0.25, 0.3) is 22.6 Å². The van der Waals surface area contributed by atoms with Crippen LogP contribution in [0.4, 0.5) is 10.8 Å². The lowest BCUT2D eigenvalue weighted by molar-refractivity contribution is 0.0448. The summed E-state index contributed by atoms with van der Waals surface area (Å²) in [5.41, 5.74) is 9.14. The van der Waals surface area contributed by atoms with E-state index in [9.17, 15) is 15.5 Å². The molecule has 4 aromatic heterocycles. The number of thiophene rings is 1. The van der Waals surface area contributed by atoms with E-state index in [1.165, 1.54) is 4.88 Å². The number of likely N-dealkylation sites (tertiary alicyclic amines) is 1. The maximum absolute atomic E-state index is 11.1. The fourth-order valence-electron chi connectivity index (χ4n) is 9.14. The van der Waals surface area contributed by atoms with E-state index in [0.717, 1.165) is 111 Å². The van der Waals surface area contributed by atoms with E-state index in [1.807, 2.05) is 17.8 Å². The Morgan fingerprint density at radius 2 is 2.00 bits per heavy atom. The van der Waals surface area contributed by atoms with Gasteiger partial charge in [0.25, 0.3) is 0 Å². The Kier molecular flexibility index (Phi) is 7.55. The summed E-state index contributed by atoms with van der Waals surface area (Å²) in [7, 11) is 0. The van der Waals surface area contributed by atoms with Crippen molar-refractivity contribution in [3.8, 4) is 17.6 Å². The predicted molar refractivity (Wildman–Crippen MR) is 179 cm³/mol. The van der Waals surface area contributed by atoms with Gasteiger partial charge in [0.1, 0.15) is 16.9 Å². The van der Waals surface area contributed by atoms with E-state index < -0.39 is 11.0 Å².